The third-order valence-corrected chi connectivity index (χ3v) is 2.25. The maximum absolute atomic E-state index is 11.8. The van der Waals surface area contributed by atoms with E-state index in [1.807, 2.05) is 13.8 Å². The van der Waals surface area contributed by atoms with Crippen molar-refractivity contribution in [2.24, 2.45) is 7.05 Å². The maximum atomic E-state index is 11.8. The Labute approximate surface area is 84.7 Å². The van der Waals surface area contributed by atoms with Crippen LogP contribution in [0.2, 0.25) is 0 Å². The minimum Gasteiger partial charge on any atom is -0.336 e. The van der Waals surface area contributed by atoms with Gasteiger partial charge in [0.2, 0.25) is 5.71 Å². The summed E-state index contributed by atoms with van der Waals surface area (Å²) >= 11 is 0. The molecule has 80 valence electrons. The van der Waals surface area contributed by atoms with E-state index in [0.29, 0.717) is 5.82 Å². The molecule has 0 aliphatic heterocycles. The summed E-state index contributed by atoms with van der Waals surface area (Å²) in [5.41, 5.74) is -0.638. The van der Waals surface area contributed by atoms with Gasteiger partial charge in [-0.1, -0.05) is 19.0 Å². The van der Waals surface area contributed by atoms with Gasteiger partial charge in [0.1, 0.15) is 0 Å². The summed E-state index contributed by atoms with van der Waals surface area (Å²) in [5, 5.41) is 3.77. The molecule has 0 N–H and O–H groups in total. The Balaban J connectivity index is 2.99. The average Bonchev–Trinajstić information content (AvgIpc) is 2.58. The normalized spacial score (nSPS) is 11.5. The van der Waals surface area contributed by atoms with E-state index in [1.165, 1.54) is 17.5 Å². The molecule has 0 aliphatic carbocycles. The molecule has 0 atom stereocenters. The standard InChI is InChI=1S/C9H11N3O3/c1-5(2)8-10-15-7-4-6(13)11(3)9(14)12(7)8/h4-5H,1-3H3. The maximum Gasteiger partial charge on any atom is 0.339 e. The Morgan fingerprint density at radius 2 is 2.07 bits per heavy atom. The number of hydrogen-bond donors (Lipinski definition) is 0. The molecule has 0 unspecified atom stereocenters. The molecule has 0 saturated heterocycles. The molecule has 0 aromatic carbocycles. The largest absolute Gasteiger partial charge is 0.339 e. The van der Waals surface area contributed by atoms with Gasteiger partial charge in [0.25, 0.3) is 5.56 Å². The van der Waals surface area contributed by atoms with Gasteiger partial charge in [0, 0.05) is 13.0 Å². The fraction of sp³-hybridized carbons (Fsp3) is 0.444. The van der Waals surface area contributed by atoms with Crippen molar-refractivity contribution < 1.29 is 4.52 Å². The van der Waals surface area contributed by atoms with Crippen molar-refractivity contribution in [3.8, 4) is 0 Å². The number of fused-ring (bicyclic) bond motifs is 1. The quantitative estimate of drug-likeness (QED) is 0.668. The van der Waals surface area contributed by atoms with Crippen LogP contribution >= 0.6 is 0 Å². The molecule has 0 aliphatic rings. The monoisotopic (exact) mass is 209 g/mol. The summed E-state index contributed by atoms with van der Waals surface area (Å²) in [6, 6.07) is 1.25. The van der Waals surface area contributed by atoms with Crippen LogP contribution in [0.5, 0.6) is 0 Å². The summed E-state index contributed by atoms with van der Waals surface area (Å²) in [5.74, 6) is 0.576. The summed E-state index contributed by atoms with van der Waals surface area (Å²) < 4.78 is 7.26. The molecule has 15 heavy (non-hydrogen) atoms. The van der Waals surface area contributed by atoms with E-state index < -0.39 is 11.2 Å². The van der Waals surface area contributed by atoms with E-state index in [0.717, 1.165) is 4.57 Å². The lowest BCUT2D eigenvalue weighted by Gasteiger charge is -2.01. The summed E-state index contributed by atoms with van der Waals surface area (Å²) in [6.07, 6.45) is 0. The van der Waals surface area contributed by atoms with E-state index in [2.05, 4.69) is 5.16 Å². The minimum atomic E-state index is -0.428. The Bertz CT molecular complexity index is 618. The number of aromatic nitrogens is 3. The van der Waals surface area contributed by atoms with Crippen LogP contribution in [0.3, 0.4) is 0 Å². The Morgan fingerprint density at radius 3 is 2.67 bits per heavy atom. The second-order valence-electron chi connectivity index (χ2n) is 3.69. The zero-order valence-corrected chi connectivity index (χ0v) is 8.72. The van der Waals surface area contributed by atoms with Crippen molar-refractivity contribution in [1.82, 2.24) is 14.1 Å². The van der Waals surface area contributed by atoms with Crippen LogP contribution in [-0.2, 0) is 7.05 Å². The van der Waals surface area contributed by atoms with Gasteiger partial charge in [-0.3, -0.25) is 9.36 Å². The van der Waals surface area contributed by atoms with Crippen molar-refractivity contribution in [2.45, 2.75) is 19.8 Å². The third-order valence-electron chi connectivity index (χ3n) is 2.25. The van der Waals surface area contributed by atoms with Crippen LogP contribution < -0.4 is 11.2 Å². The van der Waals surface area contributed by atoms with E-state index in [-0.39, 0.29) is 11.6 Å². The zero-order valence-electron chi connectivity index (χ0n) is 8.72. The van der Waals surface area contributed by atoms with Gasteiger partial charge in [-0.2, -0.15) is 0 Å². The molecular weight excluding hydrogens is 198 g/mol. The first-order valence-electron chi connectivity index (χ1n) is 4.60. The fourth-order valence-corrected chi connectivity index (χ4v) is 1.38. The molecule has 0 amide bonds. The van der Waals surface area contributed by atoms with Crippen LogP contribution in [0, 0.1) is 0 Å². The predicted octanol–water partition coefficient (Wildman–Crippen LogP) is 0.110. The molecule has 0 fully saturated rings. The van der Waals surface area contributed by atoms with Crippen molar-refractivity contribution in [1.29, 1.82) is 0 Å². The highest BCUT2D eigenvalue weighted by molar-refractivity contribution is 5.32. The van der Waals surface area contributed by atoms with Crippen molar-refractivity contribution in [2.75, 3.05) is 0 Å². The number of nitrogens with zero attached hydrogens (tertiary/aromatic N) is 3. The van der Waals surface area contributed by atoms with E-state index in [9.17, 15) is 9.59 Å². The van der Waals surface area contributed by atoms with Gasteiger partial charge in [0.15, 0.2) is 5.82 Å². The fourth-order valence-electron chi connectivity index (χ4n) is 1.38. The van der Waals surface area contributed by atoms with Crippen molar-refractivity contribution in [3.63, 3.8) is 0 Å². The zero-order chi connectivity index (χ0) is 11.2. The van der Waals surface area contributed by atoms with E-state index >= 15 is 0 Å². The molecule has 0 saturated carbocycles. The smallest absolute Gasteiger partial charge is 0.336 e. The second-order valence-corrected chi connectivity index (χ2v) is 3.69. The lowest BCUT2D eigenvalue weighted by Crippen LogP contribution is -2.35. The Morgan fingerprint density at radius 1 is 1.40 bits per heavy atom. The van der Waals surface area contributed by atoms with Gasteiger partial charge in [-0.15, -0.1) is 0 Å². The van der Waals surface area contributed by atoms with Crippen LogP contribution in [0.15, 0.2) is 20.2 Å². The van der Waals surface area contributed by atoms with Crippen molar-refractivity contribution >= 4 is 5.71 Å². The molecule has 0 bridgehead atoms. The first-order chi connectivity index (χ1) is 7.02. The van der Waals surface area contributed by atoms with Gasteiger partial charge in [-0.05, 0) is 0 Å². The molecule has 2 aromatic heterocycles. The molecule has 0 radical (unpaired) electrons. The van der Waals surface area contributed by atoms with Crippen molar-refractivity contribution in [3.05, 3.63) is 32.7 Å². The van der Waals surface area contributed by atoms with Gasteiger partial charge < -0.3 is 4.52 Å². The molecule has 2 heterocycles. The molecule has 0 spiro atoms. The molecule has 2 aromatic rings. The summed E-state index contributed by atoms with van der Waals surface area (Å²) in [7, 11) is 1.42. The van der Waals surface area contributed by atoms with Crippen LogP contribution in [0.4, 0.5) is 0 Å². The van der Waals surface area contributed by atoms with Gasteiger partial charge in [0.05, 0.1) is 6.07 Å². The van der Waals surface area contributed by atoms with E-state index in [4.69, 9.17) is 4.52 Å². The molecule has 6 heteroatoms. The van der Waals surface area contributed by atoms with Crippen LogP contribution in [0.1, 0.15) is 25.6 Å². The third kappa shape index (κ3) is 1.29. The topological polar surface area (TPSA) is 69.5 Å². The van der Waals surface area contributed by atoms with E-state index in [1.54, 1.807) is 0 Å². The lowest BCUT2D eigenvalue weighted by molar-refractivity contribution is 0.441. The van der Waals surface area contributed by atoms with Gasteiger partial charge in [-0.25, -0.2) is 9.20 Å². The summed E-state index contributed by atoms with van der Waals surface area (Å²) in [4.78, 5) is 23.1. The highest BCUT2D eigenvalue weighted by Gasteiger charge is 2.14. The van der Waals surface area contributed by atoms with Crippen LogP contribution in [-0.4, -0.2) is 14.1 Å². The lowest BCUT2D eigenvalue weighted by atomic mass is 10.2. The van der Waals surface area contributed by atoms with Gasteiger partial charge >= 0.3 is 5.69 Å². The first kappa shape index (κ1) is 9.70. The number of rotatable bonds is 1. The van der Waals surface area contributed by atoms with Crippen LogP contribution in [0.25, 0.3) is 5.71 Å². The molecule has 2 rings (SSSR count). The highest BCUT2D eigenvalue weighted by Crippen LogP contribution is 2.11. The first-order valence-corrected chi connectivity index (χ1v) is 4.60. The second kappa shape index (κ2) is 3.08. The molecular formula is C9H11N3O3. The molecule has 6 nitrogen and oxygen atoms in total. The number of hydrogen-bond acceptors (Lipinski definition) is 4. The average molecular weight is 209 g/mol. The predicted molar refractivity (Wildman–Crippen MR) is 53.1 cm³/mol. The Hall–Kier alpha value is -1.85. The Kier molecular flexibility index (Phi) is 1.99. The minimum absolute atomic E-state index is 0.0569. The highest BCUT2D eigenvalue weighted by atomic mass is 16.5. The summed E-state index contributed by atoms with van der Waals surface area (Å²) in [6.45, 7) is 3.80. The SMILES string of the molecule is CC(C)c1noc2cc(=O)n(C)c(=O)n12.